The quantitative estimate of drug-likeness (QED) is 0.695. The van der Waals surface area contributed by atoms with Gasteiger partial charge in [-0.3, -0.25) is 4.79 Å². The molecule has 0 saturated carbocycles. The molecule has 1 aliphatic rings. The number of nitrogens with zero attached hydrogens (tertiary/aromatic N) is 4. The molecule has 1 saturated heterocycles. The lowest BCUT2D eigenvalue weighted by Gasteiger charge is -2.22. The molecule has 1 aromatic rings. The summed E-state index contributed by atoms with van der Waals surface area (Å²) in [4.78, 5) is 25.3. The summed E-state index contributed by atoms with van der Waals surface area (Å²) in [7, 11) is 0. The smallest absolute Gasteiger partial charge is 0.328 e. The van der Waals surface area contributed by atoms with Crippen molar-refractivity contribution in [2.75, 3.05) is 13.2 Å². The zero-order chi connectivity index (χ0) is 13.0. The molecule has 2 rings (SSSR count). The molecule has 7 heteroatoms. The molecule has 0 radical (unpaired) electrons. The van der Waals surface area contributed by atoms with Crippen molar-refractivity contribution in [3.05, 3.63) is 12.4 Å². The molecule has 1 aliphatic heterocycles. The van der Waals surface area contributed by atoms with Crippen LogP contribution >= 0.6 is 0 Å². The zero-order valence-corrected chi connectivity index (χ0v) is 10.3. The van der Waals surface area contributed by atoms with Gasteiger partial charge in [0.15, 0.2) is 0 Å². The van der Waals surface area contributed by atoms with Crippen LogP contribution in [-0.4, -0.2) is 51.0 Å². The van der Waals surface area contributed by atoms with E-state index in [1.54, 1.807) is 18.0 Å². The highest BCUT2D eigenvalue weighted by Gasteiger charge is 2.34. The van der Waals surface area contributed by atoms with Gasteiger partial charge < -0.3 is 9.64 Å². The maximum atomic E-state index is 12.1. The number of likely N-dealkylation sites (tertiary alicyclic amines) is 1. The number of carbonyl (C=O) groups excluding carboxylic acids is 2. The van der Waals surface area contributed by atoms with Gasteiger partial charge in [-0.25, -0.2) is 9.48 Å². The van der Waals surface area contributed by atoms with E-state index in [-0.39, 0.29) is 18.4 Å². The topological polar surface area (TPSA) is 77.3 Å². The van der Waals surface area contributed by atoms with E-state index in [2.05, 4.69) is 10.3 Å². The van der Waals surface area contributed by atoms with Gasteiger partial charge in [0.2, 0.25) is 5.91 Å². The lowest BCUT2D eigenvalue weighted by molar-refractivity contribution is -0.153. The number of amides is 1. The first kappa shape index (κ1) is 12.5. The summed E-state index contributed by atoms with van der Waals surface area (Å²) in [6.07, 6.45) is 4.63. The third-order valence-corrected chi connectivity index (χ3v) is 2.90. The Morgan fingerprint density at radius 2 is 2.33 bits per heavy atom. The van der Waals surface area contributed by atoms with E-state index in [0.717, 1.165) is 6.42 Å². The van der Waals surface area contributed by atoms with E-state index in [9.17, 15) is 9.59 Å². The number of aromatic nitrogens is 3. The van der Waals surface area contributed by atoms with Crippen LogP contribution in [0.4, 0.5) is 0 Å². The fourth-order valence-electron chi connectivity index (χ4n) is 2.10. The van der Waals surface area contributed by atoms with Gasteiger partial charge in [0.25, 0.3) is 0 Å². The van der Waals surface area contributed by atoms with Crippen molar-refractivity contribution in [2.24, 2.45) is 0 Å². The van der Waals surface area contributed by atoms with Crippen molar-refractivity contribution in [1.29, 1.82) is 0 Å². The third-order valence-electron chi connectivity index (χ3n) is 2.90. The first-order chi connectivity index (χ1) is 8.72. The maximum Gasteiger partial charge on any atom is 0.328 e. The van der Waals surface area contributed by atoms with Crippen LogP contribution in [0.5, 0.6) is 0 Å². The highest BCUT2D eigenvalue weighted by atomic mass is 16.5. The van der Waals surface area contributed by atoms with E-state index in [1.807, 2.05) is 0 Å². The Morgan fingerprint density at radius 3 is 3.00 bits per heavy atom. The van der Waals surface area contributed by atoms with E-state index < -0.39 is 6.04 Å². The van der Waals surface area contributed by atoms with Crippen molar-refractivity contribution >= 4 is 11.9 Å². The standard InChI is InChI=1S/C11H16N4O3/c1-2-18-11(17)9-4-3-6-15(9)10(16)8-14-7-5-12-13-14/h5,7,9H,2-4,6,8H2,1H3. The van der Waals surface area contributed by atoms with Crippen LogP contribution in [0, 0.1) is 0 Å². The van der Waals surface area contributed by atoms with Gasteiger partial charge in [0.1, 0.15) is 12.6 Å². The summed E-state index contributed by atoms with van der Waals surface area (Å²) in [6, 6.07) is -0.444. The molecular weight excluding hydrogens is 236 g/mol. The summed E-state index contributed by atoms with van der Waals surface area (Å²) in [5, 5.41) is 7.37. The van der Waals surface area contributed by atoms with Crippen molar-refractivity contribution in [2.45, 2.75) is 32.4 Å². The molecule has 0 aromatic carbocycles. The molecule has 18 heavy (non-hydrogen) atoms. The van der Waals surface area contributed by atoms with Crippen LogP contribution in [0.1, 0.15) is 19.8 Å². The lowest BCUT2D eigenvalue weighted by atomic mass is 10.2. The predicted octanol–water partition coefficient (Wildman–Crippen LogP) is -0.168. The van der Waals surface area contributed by atoms with Gasteiger partial charge in [0.05, 0.1) is 12.8 Å². The van der Waals surface area contributed by atoms with Crippen LogP contribution < -0.4 is 0 Å². The number of carbonyl (C=O) groups is 2. The molecule has 2 heterocycles. The first-order valence-electron chi connectivity index (χ1n) is 6.02. The summed E-state index contributed by atoms with van der Waals surface area (Å²) in [6.45, 7) is 2.79. The average molecular weight is 252 g/mol. The Balaban J connectivity index is 1.98. The minimum Gasteiger partial charge on any atom is -0.464 e. The second-order valence-electron chi connectivity index (χ2n) is 4.10. The van der Waals surface area contributed by atoms with Gasteiger partial charge in [0, 0.05) is 12.7 Å². The lowest BCUT2D eigenvalue weighted by Crippen LogP contribution is -2.43. The second-order valence-corrected chi connectivity index (χ2v) is 4.10. The SMILES string of the molecule is CCOC(=O)C1CCCN1C(=O)Cn1ccnn1. The molecule has 0 spiro atoms. The fourth-order valence-corrected chi connectivity index (χ4v) is 2.10. The molecule has 0 aliphatic carbocycles. The summed E-state index contributed by atoms with van der Waals surface area (Å²) in [5.41, 5.74) is 0. The second kappa shape index (κ2) is 5.61. The van der Waals surface area contributed by atoms with E-state index in [4.69, 9.17) is 4.74 Å². The molecule has 1 aromatic heterocycles. The molecule has 1 atom stereocenters. The number of hydrogen-bond acceptors (Lipinski definition) is 5. The Morgan fingerprint density at radius 1 is 1.50 bits per heavy atom. The summed E-state index contributed by atoms with van der Waals surface area (Å²) in [5.74, 6) is -0.446. The molecular formula is C11H16N4O3. The molecule has 7 nitrogen and oxygen atoms in total. The van der Waals surface area contributed by atoms with Crippen LogP contribution in [-0.2, 0) is 20.9 Å². The maximum absolute atomic E-state index is 12.1. The Hall–Kier alpha value is -1.92. The van der Waals surface area contributed by atoms with Crippen molar-refractivity contribution in [1.82, 2.24) is 19.9 Å². The largest absolute Gasteiger partial charge is 0.464 e. The van der Waals surface area contributed by atoms with Crippen molar-refractivity contribution in [3.8, 4) is 0 Å². The number of esters is 1. The fraction of sp³-hybridized carbons (Fsp3) is 0.636. The highest BCUT2D eigenvalue weighted by Crippen LogP contribution is 2.19. The first-order valence-corrected chi connectivity index (χ1v) is 6.02. The predicted molar refractivity (Wildman–Crippen MR) is 61.4 cm³/mol. The van der Waals surface area contributed by atoms with Crippen LogP contribution in [0.15, 0.2) is 12.4 Å². The van der Waals surface area contributed by atoms with Gasteiger partial charge in [-0.2, -0.15) is 0 Å². The third kappa shape index (κ3) is 2.66. The van der Waals surface area contributed by atoms with Gasteiger partial charge in [-0.05, 0) is 19.8 Å². The Bertz CT molecular complexity index is 418. The van der Waals surface area contributed by atoms with Crippen molar-refractivity contribution in [3.63, 3.8) is 0 Å². The van der Waals surface area contributed by atoms with Gasteiger partial charge >= 0.3 is 5.97 Å². The monoisotopic (exact) mass is 252 g/mol. The van der Waals surface area contributed by atoms with E-state index in [1.165, 1.54) is 10.9 Å². The van der Waals surface area contributed by atoms with Crippen LogP contribution in [0.3, 0.4) is 0 Å². The normalized spacial score (nSPS) is 18.9. The van der Waals surface area contributed by atoms with Gasteiger partial charge in [-0.1, -0.05) is 5.21 Å². The molecule has 98 valence electrons. The van der Waals surface area contributed by atoms with Crippen molar-refractivity contribution < 1.29 is 14.3 Å². The van der Waals surface area contributed by atoms with Crippen LogP contribution in [0.25, 0.3) is 0 Å². The zero-order valence-electron chi connectivity index (χ0n) is 10.3. The summed E-state index contributed by atoms with van der Waals surface area (Å²) < 4.78 is 6.42. The van der Waals surface area contributed by atoms with E-state index in [0.29, 0.717) is 19.6 Å². The van der Waals surface area contributed by atoms with Crippen LogP contribution in [0.2, 0.25) is 0 Å². The minimum absolute atomic E-state index is 0.107. The Labute approximate surface area is 105 Å². The average Bonchev–Trinajstić information content (AvgIpc) is 2.99. The molecule has 1 fully saturated rings. The molecule has 1 amide bonds. The molecule has 1 unspecified atom stereocenters. The summed E-state index contributed by atoms with van der Waals surface area (Å²) >= 11 is 0. The minimum atomic E-state index is -0.444. The van der Waals surface area contributed by atoms with Gasteiger partial charge in [-0.15, -0.1) is 5.10 Å². The van der Waals surface area contributed by atoms with E-state index >= 15 is 0 Å². The highest BCUT2D eigenvalue weighted by molar-refractivity contribution is 5.85. The Kier molecular flexibility index (Phi) is 3.91. The number of rotatable bonds is 4. The number of hydrogen-bond donors (Lipinski definition) is 0. The molecule has 0 bridgehead atoms. The number of ether oxygens (including phenoxy) is 1. The molecule has 0 N–H and O–H groups in total.